The molecule has 1 aliphatic rings. The van der Waals surface area contributed by atoms with Crippen LogP contribution in [0.5, 0.6) is 0 Å². The molecule has 0 spiro atoms. The van der Waals surface area contributed by atoms with E-state index in [-0.39, 0.29) is 5.82 Å². The van der Waals surface area contributed by atoms with Crippen molar-refractivity contribution in [2.45, 2.75) is 18.5 Å². The van der Waals surface area contributed by atoms with Crippen molar-refractivity contribution in [1.82, 2.24) is 24.1 Å². The van der Waals surface area contributed by atoms with Gasteiger partial charge in [-0.3, -0.25) is 9.41 Å². The summed E-state index contributed by atoms with van der Waals surface area (Å²) in [6.07, 6.45) is 4.58. The molecule has 4 aromatic rings. The Morgan fingerprint density at radius 1 is 1.14 bits per heavy atom. The lowest BCUT2D eigenvalue weighted by atomic mass is 10.1. The molecule has 0 atom stereocenters. The fourth-order valence-corrected chi connectivity index (χ4v) is 3.32. The van der Waals surface area contributed by atoms with Crippen LogP contribution in [0.25, 0.3) is 33.1 Å². The molecule has 1 aromatic carbocycles. The molecule has 0 radical (unpaired) electrons. The van der Waals surface area contributed by atoms with Crippen molar-refractivity contribution in [2.24, 2.45) is 0 Å². The van der Waals surface area contributed by atoms with Gasteiger partial charge in [-0.1, -0.05) is 0 Å². The molecule has 7 nitrogen and oxygen atoms in total. The molecule has 8 heteroatoms. The second kappa shape index (κ2) is 5.73. The van der Waals surface area contributed by atoms with Crippen LogP contribution in [0, 0.1) is 23.7 Å². The number of hydrogen-bond donors (Lipinski definition) is 0. The third-order valence-electron chi connectivity index (χ3n) is 4.96. The molecule has 0 amide bonds. The Kier molecular flexibility index (Phi) is 3.31. The van der Waals surface area contributed by atoms with Crippen LogP contribution in [0.1, 0.15) is 18.5 Å². The monoisotopic (exact) mass is 369 g/mol. The highest BCUT2D eigenvalue weighted by atomic mass is 19.1. The van der Waals surface area contributed by atoms with Crippen molar-refractivity contribution < 1.29 is 4.39 Å². The number of halogens is 1. The molecule has 1 fully saturated rings. The summed E-state index contributed by atoms with van der Waals surface area (Å²) in [4.78, 5) is 12.5. The molecule has 3 aromatic heterocycles. The molecule has 3 heterocycles. The zero-order valence-electron chi connectivity index (χ0n) is 14.5. The zero-order valence-corrected chi connectivity index (χ0v) is 14.5. The van der Waals surface area contributed by atoms with Crippen LogP contribution in [-0.4, -0.2) is 24.1 Å². The minimum Gasteiger partial charge on any atom is -0.286 e. The first-order valence-electron chi connectivity index (χ1n) is 8.63. The molecule has 0 bridgehead atoms. The van der Waals surface area contributed by atoms with E-state index in [0.717, 1.165) is 18.4 Å². The van der Waals surface area contributed by atoms with E-state index in [1.54, 1.807) is 30.6 Å². The predicted octanol–water partition coefficient (Wildman–Crippen LogP) is 3.64. The zero-order chi connectivity index (χ0) is 19.3. The van der Waals surface area contributed by atoms with E-state index in [2.05, 4.69) is 26.0 Å². The van der Waals surface area contributed by atoms with Crippen LogP contribution < -0.4 is 0 Å². The van der Waals surface area contributed by atoms with Crippen molar-refractivity contribution >= 4 is 5.65 Å². The van der Waals surface area contributed by atoms with Gasteiger partial charge in [0.2, 0.25) is 0 Å². The first-order chi connectivity index (χ1) is 13.6. The van der Waals surface area contributed by atoms with E-state index in [1.165, 1.54) is 22.8 Å². The van der Waals surface area contributed by atoms with Gasteiger partial charge >= 0.3 is 5.66 Å². The molecule has 1 aliphatic carbocycles. The highest BCUT2D eigenvalue weighted by Gasteiger charge is 2.54. The lowest BCUT2D eigenvalue weighted by molar-refractivity contribution is 0.594. The van der Waals surface area contributed by atoms with Crippen molar-refractivity contribution in [3.63, 3.8) is 0 Å². The highest BCUT2D eigenvalue weighted by molar-refractivity contribution is 5.77. The number of nitrogens with zero attached hydrogens (tertiary/aromatic N) is 7. The summed E-state index contributed by atoms with van der Waals surface area (Å²) >= 11 is 0. The molecule has 5 rings (SSSR count). The van der Waals surface area contributed by atoms with E-state index < -0.39 is 5.66 Å². The Labute approximate surface area is 159 Å². The van der Waals surface area contributed by atoms with Crippen LogP contribution in [0.4, 0.5) is 4.39 Å². The summed E-state index contributed by atoms with van der Waals surface area (Å²) in [6.45, 7) is 7.62. The molecule has 28 heavy (non-hydrogen) atoms. The summed E-state index contributed by atoms with van der Waals surface area (Å²) < 4.78 is 16.7. The first-order valence-corrected chi connectivity index (χ1v) is 8.63. The standard InChI is InChI=1S/C20H12FN7/c1-23-20(8-9-20)27-12-25-18(13-2-4-14(21)5-3-13)19(27)16-6-7-17-24-11-15(10-22)28(17)26-16/h2-7,11-12H,8-9H2. The van der Waals surface area contributed by atoms with Gasteiger partial charge in [-0.15, -0.1) is 0 Å². The summed E-state index contributed by atoms with van der Waals surface area (Å²) in [7, 11) is 0. The number of rotatable bonds is 3. The van der Waals surface area contributed by atoms with Crippen molar-refractivity contribution in [1.29, 1.82) is 5.26 Å². The molecule has 0 aliphatic heterocycles. The third kappa shape index (κ3) is 2.29. The van der Waals surface area contributed by atoms with Gasteiger partial charge in [0, 0.05) is 5.56 Å². The summed E-state index contributed by atoms with van der Waals surface area (Å²) in [5.41, 5.74) is 2.78. The molecule has 0 N–H and O–H groups in total. The number of nitriles is 1. The Hall–Kier alpha value is -4.04. The van der Waals surface area contributed by atoms with Crippen LogP contribution >= 0.6 is 0 Å². The molecule has 0 saturated heterocycles. The van der Waals surface area contributed by atoms with Crippen molar-refractivity contribution in [3.05, 3.63) is 71.9 Å². The number of hydrogen-bond acceptors (Lipinski definition) is 4. The maximum atomic E-state index is 13.4. The van der Waals surface area contributed by atoms with Crippen LogP contribution in [-0.2, 0) is 5.66 Å². The van der Waals surface area contributed by atoms with Gasteiger partial charge in [-0.05, 0) is 36.4 Å². The topological polar surface area (TPSA) is 76.2 Å². The maximum absolute atomic E-state index is 13.4. The van der Waals surface area contributed by atoms with Gasteiger partial charge in [-0.25, -0.2) is 25.4 Å². The predicted molar refractivity (Wildman–Crippen MR) is 98.1 cm³/mol. The fourth-order valence-electron chi connectivity index (χ4n) is 3.32. The number of fused-ring (bicyclic) bond motifs is 1. The van der Waals surface area contributed by atoms with E-state index in [9.17, 15) is 9.65 Å². The molecule has 134 valence electrons. The third-order valence-corrected chi connectivity index (χ3v) is 4.96. The first kappa shape index (κ1) is 16.2. The molecular weight excluding hydrogens is 357 g/mol. The van der Waals surface area contributed by atoms with Crippen molar-refractivity contribution in [2.75, 3.05) is 0 Å². The normalized spacial score (nSPS) is 14.5. The van der Waals surface area contributed by atoms with Gasteiger partial charge in [0.1, 0.15) is 29.6 Å². The molecule has 1 saturated carbocycles. The quantitative estimate of drug-likeness (QED) is 0.517. The van der Waals surface area contributed by atoms with Gasteiger partial charge < -0.3 is 0 Å². The summed E-state index contributed by atoms with van der Waals surface area (Å²) in [6, 6.07) is 11.7. The van der Waals surface area contributed by atoms with Crippen LogP contribution in [0.3, 0.4) is 0 Å². The average Bonchev–Trinajstić information content (AvgIpc) is 3.21. The van der Waals surface area contributed by atoms with E-state index in [1.807, 2.05) is 4.57 Å². The highest BCUT2D eigenvalue weighted by Crippen LogP contribution is 2.48. The van der Waals surface area contributed by atoms with Crippen LogP contribution in [0.15, 0.2) is 48.9 Å². The Bertz CT molecular complexity index is 1300. The second-order valence-electron chi connectivity index (χ2n) is 6.66. The largest absolute Gasteiger partial charge is 0.313 e. The Morgan fingerprint density at radius 3 is 2.61 bits per heavy atom. The fraction of sp³-hybridized carbons (Fsp3) is 0.150. The maximum Gasteiger partial charge on any atom is 0.313 e. The summed E-state index contributed by atoms with van der Waals surface area (Å²) in [5.74, 6) is -0.332. The van der Waals surface area contributed by atoms with E-state index >= 15 is 0 Å². The average molecular weight is 369 g/mol. The molecular formula is C20H12FN7. The lowest BCUT2D eigenvalue weighted by Crippen LogP contribution is -2.13. The Balaban J connectivity index is 1.77. The smallest absolute Gasteiger partial charge is 0.286 e. The number of aromatic nitrogens is 5. The van der Waals surface area contributed by atoms with Gasteiger partial charge in [0.15, 0.2) is 11.3 Å². The van der Waals surface area contributed by atoms with E-state index in [4.69, 9.17) is 6.57 Å². The number of imidazole rings is 2. The SMILES string of the molecule is [C-]#[N+]C1(n2cnc(-c3ccc(F)cc3)c2-c2ccc3ncc(C#N)n3n2)CC1. The lowest BCUT2D eigenvalue weighted by Gasteiger charge is -2.11. The second-order valence-corrected chi connectivity index (χ2v) is 6.66. The minimum atomic E-state index is -0.662. The minimum absolute atomic E-state index is 0.317. The molecule has 0 unspecified atom stereocenters. The van der Waals surface area contributed by atoms with Gasteiger partial charge in [-0.2, -0.15) is 10.4 Å². The van der Waals surface area contributed by atoms with Crippen molar-refractivity contribution in [3.8, 4) is 28.7 Å². The summed E-state index contributed by atoms with van der Waals surface area (Å²) in [5, 5.41) is 13.9. The van der Waals surface area contributed by atoms with Gasteiger partial charge in [0.25, 0.3) is 0 Å². The van der Waals surface area contributed by atoms with Gasteiger partial charge in [0.05, 0.1) is 24.7 Å². The van der Waals surface area contributed by atoms with Crippen LogP contribution in [0.2, 0.25) is 0 Å². The van der Waals surface area contributed by atoms with E-state index in [0.29, 0.717) is 28.4 Å². The number of benzene rings is 1. The Morgan fingerprint density at radius 2 is 1.93 bits per heavy atom.